The van der Waals surface area contributed by atoms with Crippen molar-refractivity contribution < 1.29 is 4.92 Å². The van der Waals surface area contributed by atoms with Crippen molar-refractivity contribution in [2.75, 3.05) is 0 Å². The predicted octanol–water partition coefficient (Wildman–Crippen LogP) is 3.30. The van der Waals surface area contributed by atoms with Gasteiger partial charge in [0.15, 0.2) is 0 Å². The van der Waals surface area contributed by atoms with Crippen LogP contribution in [0.2, 0.25) is 0 Å². The van der Waals surface area contributed by atoms with Crippen molar-refractivity contribution in [1.82, 2.24) is 9.55 Å². The minimum atomic E-state index is -0.466. The lowest BCUT2D eigenvalue weighted by Gasteiger charge is -2.07. The average molecular weight is 267 g/mol. The Bertz CT molecular complexity index is 787. The molecule has 0 aliphatic rings. The van der Waals surface area contributed by atoms with Crippen LogP contribution in [0, 0.1) is 17.0 Å². The van der Waals surface area contributed by atoms with Crippen LogP contribution in [0.15, 0.2) is 48.7 Å². The first-order valence-electron chi connectivity index (χ1n) is 6.30. The van der Waals surface area contributed by atoms with E-state index in [1.54, 1.807) is 11.5 Å². The Hall–Kier alpha value is -2.69. The van der Waals surface area contributed by atoms with Crippen molar-refractivity contribution in [2.45, 2.75) is 13.5 Å². The van der Waals surface area contributed by atoms with Crippen LogP contribution < -0.4 is 0 Å². The fraction of sp³-hybridized carbons (Fsp3) is 0.133. The summed E-state index contributed by atoms with van der Waals surface area (Å²) in [5.74, 6) is 0.535. The average Bonchev–Trinajstić information content (AvgIpc) is 2.81. The van der Waals surface area contributed by atoms with E-state index in [9.17, 15) is 10.1 Å². The third-order valence-corrected chi connectivity index (χ3v) is 3.37. The van der Waals surface area contributed by atoms with Gasteiger partial charge in [0.1, 0.15) is 6.20 Å². The highest BCUT2D eigenvalue weighted by Crippen LogP contribution is 2.21. The van der Waals surface area contributed by atoms with Crippen molar-refractivity contribution in [1.29, 1.82) is 0 Å². The summed E-state index contributed by atoms with van der Waals surface area (Å²) < 4.78 is 1.81. The molecule has 20 heavy (non-hydrogen) atoms. The van der Waals surface area contributed by atoms with E-state index in [2.05, 4.69) is 23.2 Å². The lowest BCUT2D eigenvalue weighted by atomic mass is 10.0. The number of imidazole rings is 1. The number of nitro groups is 1. The van der Waals surface area contributed by atoms with Gasteiger partial charge in [-0.1, -0.05) is 42.5 Å². The van der Waals surface area contributed by atoms with Crippen molar-refractivity contribution in [3.05, 3.63) is 70.2 Å². The molecular weight excluding hydrogens is 254 g/mol. The summed E-state index contributed by atoms with van der Waals surface area (Å²) in [5, 5.41) is 13.1. The molecule has 0 saturated heterocycles. The second kappa shape index (κ2) is 4.77. The Labute approximate surface area is 115 Å². The first-order chi connectivity index (χ1) is 9.65. The molecule has 0 aliphatic carbocycles. The Kier molecular flexibility index (Phi) is 2.95. The third kappa shape index (κ3) is 2.14. The van der Waals surface area contributed by atoms with Gasteiger partial charge >= 0.3 is 5.82 Å². The van der Waals surface area contributed by atoms with Gasteiger partial charge in [-0.25, -0.2) is 0 Å². The van der Waals surface area contributed by atoms with Crippen LogP contribution in [-0.4, -0.2) is 14.5 Å². The van der Waals surface area contributed by atoms with Gasteiger partial charge in [-0.2, -0.15) is 0 Å². The van der Waals surface area contributed by atoms with E-state index in [0.29, 0.717) is 12.4 Å². The van der Waals surface area contributed by atoms with Gasteiger partial charge in [-0.15, -0.1) is 0 Å². The number of rotatable bonds is 3. The molecule has 100 valence electrons. The highest BCUT2D eigenvalue weighted by atomic mass is 16.6. The maximum absolute atomic E-state index is 10.8. The van der Waals surface area contributed by atoms with Crippen LogP contribution >= 0.6 is 0 Å². The number of benzene rings is 2. The van der Waals surface area contributed by atoms with Crippen LogP contribution in [-0.2, 0) is 6.54 Å². The molecule has 3 aromatic rings. The number of fused-ring (bicyclic) bond motifs is 1. The maximum Gasteiger partial charge on any atom is 0.381 e. The number of hydrogen-bond donors (Lipinski definition) is 0. The normalized spacial score (nSPS) is 10.8. The molecule has 3 rings (SSSR count). The van der Waals surface area contributed by atoms with E-state index in [-0.39, 0.29) is 5.82 Å². The lowest BCUT2D eigenvalue weighted by Crippen LogP contribution is -2.01. The standard InChI is InChI=1S/C15H13N3O2/c1-11-16-15(18(19)20)10-17(11)9-13-7-4-6-12-5-2-3-8-14(12)13/h2-8,10H,9H2,1H3. The number of hydrogen-bond acceptors (Lipinski definition) is 3. The highest BCUT2D eigenvalue weighted by molar-refractivity contribution is 5.85. The van der Waals surface area contributed by atoms with E-state index < -0.39 is 4.92 Å². The second-order valence-electron chi connectivity index (χ2n) is 4.67. The van der Waals surface area contributed by atoms with E-state index in [1.165, 1.54) is 6.20 Å². The van der Waals surface area contributed by atoms with Gasteiger partial charge in [-0.05, 0) is 26.2 Å². The first kappa shape index (κ1) is 12.3. The van der Waals surface area contributed by atoms with E-state index in [1.807, 2.05) is 24.3 Å². The van der Waals surface area contributed by atoms with E-state index >= 15 is 0 Å². The molecule has 0 spiro atoms. The molecule has 1 aromatic heterocycles. The number of aryl methyl sites for hydroxylation is 1. The number of aromatic nitrogens is 2. The molecule has 0 radical (unpaired) electrons. The summed E-state index contributed by atoms with van der Waals surface area (Å²) in [5.41, 5.74) is 1.12. The van der Waals surface area contributed by atoms with Crippen LogP contribution in [0.3, 0.4) is 0 Å². The SMILES string of the molecule is Cc1nc([N+](=O)[O-])cn1Cc1cccc2ccccc12. The summed E-state index contributed by atoms with van der Waals surface area (Å²) in [6.45, 7) is 2.35. The smallest absolute Gasteiger partial charge is 0.358 e. The Morgan fingerprint density at radius 1 is 1.20 bits per heavy atom. The van der Waals surface area contributed by atoms with Gasteiger partial charge in [-0.3, -0.25) is 0 Å². The predicted molar refractivity (Wildman–Crippen MR) is 76.7 cm³/mol. The van der Waals surface area contributed by atoms with Crippen LogP contribution in [0.5, 0.6) is 0 Å². The van der Waals surface area contributed by atoms with Crippen LogP contribution in [0.25, 0.3) is 10.8 Å². The monoisotopic (exact) mass is 267 g/mol. The molecule has 0 unspecified atom stereocenters. The minimum absolute atomic E-state index is 0.109. The minimum Gasteiger partial charge on any atom is -0.358 e. The summed E-state index contributed by atoms with van der Waals surface area (Å²) in [6, 6.07) is 14.2. The molecule has 0 bridgehead atoms. The molecule has 0 saturated carbocycles. The molecule has 5 nitrogen and oxygen atoms in total. The van der Waals surface area contributed by atoms with Crippen LogP contribution in [0.4, 0.5) is 5.82 Å². The first-order valence-corrected chi connectivity index (χ1v) is 6.30. The lowest BCUT2D eigenvalue weighted by molar-refractivity contribution is -0.389. The quantitative estimate of drug-likeness (QED) is 0.540. The van der Waals surface area contributed by atoms with E-state index in [0.717, 1.165) is 16.3 Å². The van der Waals surface area contributed by atoms with Gasteiger partial charge in [0.25, 0.3) is 0 Å². The van der Waals surface area contributed by atoms with Crippen molar-refractivity contribution in [2.24, 2.45) is 0 Å². The van der Waals surface area contributed by atoms with Gasteiger partial charge in [0, 0.05) is 6.92 Å². The summed E-state index contributed by atoms with van der Waals surface area (Å²) in [6.07, 6.45) is 1.48. The zero-order valence-corrected chi connectivity index (χ0v) is 11.0. The third-order valence-electron chi connectivity index (χ3n) is 3.37. The highest BCUT2D eigenvalue weighted by Gasteiger charge is 2.15. The Morgan fingerprint density at radius 3 is 2.70 bits per heavy atom. The zero-order chi connectivity index (χ0) is 14.1. The van der Waals surface area contributed by atoms with Gasteiger partial charge in [0.2, 0.25) is 5.82 Å². The summed E-state index contributed by atoms with van der Waals surface area (Å²) in [7, 11) is 0. The van der Waals surface area contributed by atoms with Gasteiger partial charge in [0.05, 0.1) is 6.54 Å². The Balaban J connectivity index is 2.03. The molecule has 0 fully saturated rings. The maximum atomic E-state index is 10.8. The fourth-order valence-electron chi connectivity index (χ4n) is 2.35. The van der Waals surface area contributed by atoms with E-state index in [4.69, 9.17) is 0 Å². The van der Waals surface area contributed by atoms with Crippen molar-refractivity contribution >= 4 is 16.6 Å². The molecule has 1 heterocycles. The Morgan fingerprint density at radius 2 is 1.95 bits per heavy atom. The summed E-state index contributed by atoms with van der Waals surface area (Å²) in [4.78, 5) is 14.2. The topological polar surface area (TPSA) is 61.0 Å². The molecule has 0 amide bonds. The molecule has 0 N–H and O–H groups in total. The van der Waals surface area contributed by atoms with Crippen molar-refractivity contribution in [3.8, 4) is 0 Å². The van der Waals surface area contributed by atoms with Gasteiger partial charge < -0.3 is 14.7 Å². The fourth-order valence-corrected chi connectivity index (χ4v) is 2.35. The molecular formula is C15H13N3O2. The molecule has 2 aromatic carbocycles. The molecule has 0 aliphatic heterocycles. The zero-order valence-electron chi connectivity index (χ0n) is 11.0. The van der Waals surface area contributed by atoms with Crippen LogP contribution in [0.1, 0.15) is 11.4 Å². The molecule has 5 heteroatoms. The molecule has 0 atom stereocenters. The van der Waals surface area contributed by atoms with Crippen molar-refractivity contribution in [3.63, 3.8) is 0 Å². The number of nitrogens with zero attached hydrogens (tertiary/aromatic N) is 3. The largest absolute Gasteiger partial charge is 0.381 e. The second-order valence-corrected chi connectivity index (χ2v) is 4.67. The summed E-state index contributed by atoms with van der Waals surface area (Å²) >= 11 is 0.